The molecule has 144 valence electrons. The van der Waals surface area contributed by atoms with Gasteiger partial charge in [0.15, 0.2) is 0 Å². The molecule has 1 aliphatic heterocycles. The van der Waals surface area contributed by atoms with Gasteiger partial charge in [0.1, 0.15) is 5.82 Å². The van der Waals surface area contributed by atoms with E-state index in [0.717, 1.165) is 31.9 Å². The van der Waals surface area contributed by atoms with Crippen molar-refractivity contribution in [2.24, 2.45) is 0 Å². The number of pyridine rings is 1. The fourth-order valence-corrected chi connectivity index (χ4v) is 4.14. The molecule has 6 heteroatoms. The summed E-state index contributed by atoms with van der Waals surface area (Å²) in [6.45, 7) is 3.32. The maximum Gasteiger partial charge on any atom is 0.252 e. The van der Waals surface area contributed by atoms with Crippen molar-refractivity contribution >= 4 is 23.1 Å². The first-order valence-electron chi connectivity index (χ1n) is 9.59. The summed E-state index contributed by atoms with van der Waals surface area (Å²) in [7, 11) is 0. The maximum absolute atomic E-state index is 12.3. The average Bonchev–Trinajstić information content (AvgIpc) is 3.28. The summed E-state index contributed by atoms with van der Waals surface area (Å²) in [6.07, 6.45) is 2.53. The molecule has 1 aliphatic rings. The van der Waals surface area contributed by atoms with Crippen LogP contribution in [-0.4, -0.2) is 37.1 Å². The van der Waals surface area contributed by atoms with Crippen molar-refractivity contribution in [3.8, 4) is 0 Å². The van der Waals surface area contributed by atoms with E-state index >= 15 is 0 Å². The molecule has 2 aromatic heterocycles. The van der Waals surface area contributed by atoms with E-state index in [1.807, 2.05) is 24.3 Å². The van der Waals surface area contributed by atoms with Gasteiger partial charge < -0.3 is 15.5 Å². The monoisotopic (exact) mass is 392 g/mol. The molecule has 0 spiro atoms. The van der Waals surface area contributed by atoms with Crippen LogP contribution >= 0.6 is 11.3 Å². The molecule has 1 unspecified atom stereocenters. The number of hydrogen-bond donors (Lipinski definition) is 2. The van der Waals surface area contributed by atoms with Crippen molar-refractivity contribution < 1.29 is 4.79 Å². The highest BCUT2D eigenvalue weighted by Gasteiger charge is 2.21. The van der Waals surface area contributed by atoms with Crippen LogP contribution in [0, 0.1) is 0 Å². The van der Waals surface area contributed by atoms with E-state index in [1.54, 1.807) is 17.5 Å². The van der Waals surface area contributed by atoms with Gasteiger partial charge in [-0.3, -0.25) is 4.79 Å². The Balaban J connectivity index is 1.34. The van der Waals surface area contributed by atoms with Crippen molar-refractivity contribution in [3.05, 3.63) is 82.2 Å². The fourth-order valence-electron chi connectivity index (χ4n) is 3.43. The molecule has 1 aromatic carbocycles. The highest BCUT2D eigenvalue weighted by molar-refractivity contribution is 7.09. The van der Waals surface area contributed by atoms with Crippen LogP contribution in [0.3, 0.4) is 0 Å². The number of benzene rings is 1. The van der Waals surface area contributed by atoms with Crippen molar-refractivity contribution in [3.63, 3.8) is 0 Å². The van der Waals surface area contributed by atoms with Gasteiger partial charge in [0.05, 0.1) is 5.56 Å². The van der Waals surface area contributed by atoms with E-state index in [1.165, 1.54) is 10.4 Å². The lowest BCUT2D eigenvalue weighted by Crippen LogP contribution is -2.46. The minimum Gasteiger partial charge on any atom is -0.353 e. The van der Waals surface area contributed by atoms with E-state index in [4.69, 9.17) is 0 Å². The SMILES string of the molecule is O=C(NCCc1cccs1)c1ccc(N2CCNC(c3ccccc3)C2)nc1. The van der Waals surface area contributed by atoms with Crippen LogP contribution < -0.4 is 15.5 Å². The summed E-state index contributed by atoms with van der Waals surface area (Å²) in [5.41, 5.74) is 1.89. The Labute approximate surface area is 169 Å². The first kappa shape index (κ1) is 18.7. The van der Waals surface area contributed by atoms with Crippen molar-refractivity contribution in [2.45, 2.75) is 12.5 Å². The minimum atomic E-state index is -0.0712. The number of aromatic nitrogens is 1. The number of rotatable bonds is 6. The van der Waals surface area contributed by atoms with Gasteiger partial charge in [-0.2, -0.15) is 0 Å². The zero-order valence-corrected chi connectivity index (χ0v) is 16.5. The van der Waals surface area contributed by atoms with Gasteiger partial charge in [0.25, 0.3) is 5.91 Å². The lowest BCUT2D eigenvalue weighted by Gasteiger charge is -2.34. The number of thiophene rings is 1. The summed E-state index contributed by atoms with van der Waals surface area (Å²) in [5.74, 6) is 0.843. The van der Waals surface area contributed by atoms with E-state index in [0.29, 0.717) is 12.1 Å². The molecule has 0 bridgehead atoms. The molecule has 1 amide bonds. The Hall–Kier alpha value is -2.70. The third-order valence-corrected chi connectivity index (χ3v) is 5.88. The molecule has 28 heavy (non-hydrogen) atoms. The first-order valence-corrected chi connectivity index (χ1v) is 10.5. The number of carbonyl (C=O) groups is 1. The summed E-state index contributed by atoms with van der Waals surface area (Å²) in [5, 5.41) is 8.59. The summed E-state index contributed by atoms with van der Waals surface area (Å²) >= 11 is 1.71. The zero-order chi connectivity index (χ0) is 19.2. The molecule has 1 saturated heterocycles. The highest BCUT2D eigenvalue weighted by Crippen LogP contribution is 2.21. The molecule has 2 N–H and O–H groups in total. The lowest BCUT2D eigenvalue weighted by molar-refractivity contribution is 0.0954. The summed E-state index contributed by atoms with van der Waals surface area (Å²) < 4.78 is 0. The number of hydrogen-bond acceptors (Lipinski definition) is 5. The normalized spacial score (nSPS) is 16.7. The van der Waals surface area contributed by atoms with Crippen LogP contribution in [-0.2, 0) is 6.42 Å². The van der Waals surface area contributed by atoms with Gasteiger partial charge in [-0.1, -0.05) is 36.4 Å². The third-order valence-electron chi connectivity index (χ3n) is 4.95. The number of carbonyl (C=O) groups excluding carboxylic acids is 1. The van der Waals surface area contributed by atoms with Gasteiger partial charge in [0.2, 0.25) is 0 Å². The van der Waals surface area contributed by atoms with Gasteiger partial charge >= 0.3 is 0 Å². The predicted octanol–water partition coefficient (Wildman–Crippen LogP) is 3.27. The van der Waals surface area contributed by atoms with Gasteiger partial charge in [-0.25, -0.2) is 4.98 Å². The molecule has 5 nitrogen and oxygen atoms in total. The highest BCUT2D eigenvalue weighted by atomic mass is 32.1. The average molecular weight is 393 g/mol. The molecule has 4 rings (SSSR count). The van der Waals surface area contributed by atoms with E-state index < -0.39 is 0 Å². The van der Waals surface area contributed by atoms with E-state index in [9.17, 15) is 4.79 Å². The Kier molecular flexibility index (Phi) is 5.99. The van der Waals surface area contributed by atoms with Crippen LogP contribution in [0.2, 0.25) is 0 Å². The topological polar surface area (TPSA) is 57.3 Å². The van der Waals surface area contributed by atoms with E-state index in [-0.39, 0.29) is 11.9 Å². The molecular formula is C22H24N4OS. The van der Waals surface area contributed by atoms with Crippen LogP contribution in [0.5, 0.6) is 0 Å². The molecule has 1 fully saturated rings. The lowest BCUT2D eigenvalue weighted by atomic mass is 10.0. The number of amides is 1. The third kappa shape index (κ3) is 4.58. The van der Waals surface area contributed by atoms with Crippen molar-refractivity contribution in [1.29, 1.82) is 0 Å². The van der Waals surface area contributed by atoms with Crippen LogP contribution in [0.4, 0.5) is 5.82 Å². The molecule has 3 aromatic rings. The number of anilines is 1. The molecule has 0 aliphatic carbocycles. The van der Waals surface area contributed by atoms with Gasteiger partial charge in [0, 0.05) is 43.3 Å². The second kappa shape index (κ2) is 8.99. The quantitative estimate of drug-likeness (QED) is 0.676. The minimum absolute atomic E-state index is 0.0712. The Morgan fingerprint density at radius 1 is 1.18 bits per heavy atom. The maximum atomic E-state index is 12.3. The largest absolute Gasteiger partial charge is 0.353 e. The number of piperazine rings is 1. The fraction of sp³-hybridized carbons (Fsp3) is 0.273. The van der Waals surface area contributed by atoms with Crippen molar-refractivity contribution in [1.82, 2.24) is 15.6 Å². The number of nitrogens with zero attached hydrogens (tertiary/aromatic N) is 2. The van der Waals surface area contributed by atoms with Crippen molar-refractivity contribution in [2.75, 3.05) is 31.1 Å². The van der Waals surface area contributed by atoms with Crippen LogP contribution in [0.25, 0.3) is 0 Å². The molecule has 1 atom stereocenters. The van der Waals surface area contributed by atoms with Crippen LogP contribution in [0.1, 0.15) is 26.8 Å². The first-order chi connectivity index (χ1) is 13.8. The zero-order valence-electron chi connectivity index (χ0n) is 15.7. The molecular weight excluding hydrogens is 368 g/mol. The second-order valence-corrected chi connectivity index (χ2v) is 7.89. The smallest absolute Gasteiger partial charge is 0.252 e. The standard InChI is InChI=1S/C22H24N4OS/c27-22(24-11-10-19-7-4-14-28-19)18-8-9-21(25-15-18)26-13-12-23-20(16-26)17-5-2-1-3-6-17/h1-9,14-15,20,23H,10-13,16H2,(H,24,27). The molecule has 3 heterocycles. The summed E-state index contributed by atoms with van der Waals surface area (Å²) in [4.78, 5) is 20.4. The Bertz CT molecular complexity index is 881. The number of nitrogens with one attached hydrogen (secondary N) is 2. The van der Waals surface area contributed by atoms with Crippen LogP contribution in [0.15, 0.2) is 66.2 Å². The van der Waals surface area contributed by atoms with Gasteiger partial charge in [-0.05, 0) is 35.6 Å². The second-order valence-electron chi connectivity index (χ2n) is 6.85. The Morgan fingerprint density at radius 2 is 2.07 bits per heavy atom. The van der Waals surface area contributed by atoms with E-state index in [2.05, 4.69) is 56.2 Å². The van der Waals surface area contributed by atoms with Gasteiger partial charge in [-0.15, -0.1) is 11.3 Å². The Morgan fingerprint density at radius 3 is 2.82 bits per heavy atom. The molecule has 0 radical (unpaired) electrons. The summed E-state index contributed by atoms with van der Waals surface area (Å²) in [6, 6.07) is 18.7. The molecule has 0 saturated carbocycles. The predicted molar refractivity (Wildman–Crippen MR) is 114 cm³/mol.